The highest BCUT2D eigenvalue weighted by atomic mass is 19.1. The molecule has 4 atom stereocenters. The number of rotatable bonds is 7. The summed E-state index contributed by atoms with van der Waals surface area (Å²) in [5.74, 6) is -6.94. The largest absolute Gasteiger partial charge is 0.508 e. The third-order valence-corrected chi connectivity index (χ3v) is 7.84. The molecule has 0 bridgehead atoms. The van der Waals surface area contributed by atoms with Crippen LogP contribution in [0, 0.1) is 11.8 Å². The van der Waals surface area contributed by atoms with Crippen LogP contribution >= 0.6 is 0 Å². The second-order valence-corrected chi connectivity index (χ2v) is 10.5. The number of phenolic OH excluding ortho intramolecular Hbond substituents is 1. The van der Waals surface area contributed by atoms with Gasteiger partial charge in [-0.2, -0.15) is 0 Å². The number of primary amides is 1. The number of aliphatic hydroxyl groups is 3. The summed E-state index contributed by atoms with van der Waals surface area (Å²) in [4.78, 5) is 42.4. The maximum absolute atomic E-state index is 13.9. The van der Waals surface area contributed by atoms with Crippen LogP contribution in [0.5, 0.6) is 5.75 Å². The van der Waals surface area contributed by atoms with Gasteiger partial charge in [-0.3, -0.25) is 19.3 Å². The van der Waals surface area contributed by atoms with E-state index >= 15 is 0 Å². The fourth-order valence-corrected chi connectivity index (χ4v) is 6.17. The van der Waals surface area contributed by atoms with E-state index in [9.17, 15) is 39.2 Å². The second kappa shape index (κ2) is 9.68. The molecule has 1 aromatic rings. The lowest BCUT2D eigenvalue weighted by Gasteiger charge is -2.50. The average molecular weight is 533 g/mol. The highest BCUT2D eigenvalue weighted by Crippen LogP contribution is 2.54. The second-order valence-electron chi connectivity index (χ2n) is 10.5. The Kier molecular flexibility index (Phi) is 7.02. The van der Waals surface area contributed by atoms with E-state index in [1.54, 1.807) is 39.2 Å². The smallest absolute Gasteiger partial charge is 0.255 e. The Bertz CT molecular complexity index is 1290. The Hall–Kier alpha value is -3.48. The van der Waals surface area contributed by atoms with Crippen molar-refractivity contribution in [3.63, 3.8) is 0 Å². The van der Waals surface area contributed by atoms with Crippen LogP contribution in [-0.4, -0.2) is 95.9 Å². The molecule has 4 rings (SSSR count). The molecule has 0 saturated heterocycles. The number of nitrogens with zero attached hydrogens (tertiary/aromatic N) is 2. The van der Waals surface area contributed by atoms with E-state index in [0.29, 0.717) is 16.8 Å². The minimum atomic E-state index is -2.69. The van der Waals surface area contributed by atoms with Crippen LogP contribution in [0.1, 0.15) is 23.1 Å². The number of amides is 1. The normalized spacial score (nSPS) is 26.9. The molecule has 1 aromatic carbocycles. The van der Waals surface area contributed by atoms with E-state index in [2.05, 4.69) is 5.32 Å². The third-order valence-electron chi connectivity index (χ3n) is 7.84. The fraction of sp³-hybridized carbons (Fsp3) is 0.500. The van der Waals surface area contributed by atoms with Crippen molar-refractivity contribution in [2.45, 2.75) is 31.0 Å². The molecule has 11 nitrogen and oxygen atoms in total. The number of hydrogen-bond acceptors (Lipinski definition) is 10. The van der Waals surface area contributed by atoms with E-state index < -0.39 is 64.7 Å². The number of fused-ring (bicyclic) bond motifs is 3. The van der Waals surface area contributed by atoms with Crippen molar-refractivity contribution in [3.05, 3.63) is 39.7 Å². The van der Waals surface area contributed by atoms with Gasteiger partial charge in [0.2, 0.25) is 5.78 Å². The molecule has 3 aliphatic rings. The Morgan fingerprint density at radius 2 is 1.87 bits per heavy atom. The lowest BCUT2D eigenvalue weighted by Crippen LogP contribution is -2.65. The van der Waals surface area contributed by atoms with Crippen LogP contribution in [0.2, 0.25) is 0 Å². The summed E-state index contributed by atoms with van der Waals surface area (Å²) in [6.45, 7) is -0.471. The summed E-state index contributed by atoms with van der Waals surface area (Å²) in [6, 6.07) is 0.581. The first-order valence-corrected chi connectivity index (χ1v) is 12.2. The number of ketones is 2. The molecule has 1 saturated carbocycles. The fourth-order valence-electron chi connectivity index (χ4n) is 6.17. The lowest BCUT2D eigenvalue weighted by atomic mass is 9.57. The highest BCUT2D eigenvalue weighted by Gasteiger charge is 2.64. The predicted molar refractivity (Wildman–Crippen MR) is 136 cm³/mol. The van der Waals surface area contributed by atoms with Gasteiger partial charge < -0.3 is 36.4 Å². The van der Waals surface area contributed by atoms with Gasteiger partial charge in [0, 0.05) is 49.9 Å². The molecule has 7 N–H and O–H groups in total. The molecule has 38 heavy (non-hydrogen) atoms. The van der Waals surface area contributed by atoms with Crippen molar-refractivity contribution in [1.82, 2.24) is 10.2 Å². The summed E-state index contributed by atoms with van der Waals surface area (Å²) in [6.07, 6.45) is 0.201. The average Bonchev–Trinajstić information content (AvgIpc) is 2.82. The quantitative estimate of drug-likeness (QED) is 0.208. The van der Waals surface area contributed by atoms with Gasteiger partial charge in [-0.1, -0.05) is 0 Å². The minimum Gasteiger partial charge on any atom is -0.508 e. The number of nitrogens with two attached hydrogens (primary N) is 1. The zero-order valence-corrected chi connectivity index (χ0v) is 21.7. The summed E-state index contributed by atoms with van der Waals surface area (Å²) in [7, 11) is 6.66. The molecule has 1 unspecified atom stereocenters. The number of hydrogen-bond donors (Lipinski definition) is 6. The number of phenols is 1. The predicted octanol–water partition coefficient (Wildman–Crippen LogP) is 0.0891. The Morgan fingerprint density at radius 3 is 2.42 bits per heavy atom. The van der Waals surface area contributed by atoms with E-state index in [1.165, 1.54) is 4.90 Å². The van der Waals surface area contributed by atoms with Gasteiger partial charge >= 0.3 is 0 Å². The molecular formula is C26H33FN4O7. The summed E-state index contributed by atoms with van der Waals surface area (Å²) >= 11 is 0. The number of aliphatic hydroxyl groups excluding tert-OH is 2. The van der Waals surface area contributed by atoms with Gasteiger partial charge in [-0.25, -0.2) is 4.39 Å². The van der Waals surface area contributed by atoms with E-state index in [-0.39, 0.29) is 42.8 Å². The van der Waals surface area contributed by atoms with E-state index in [0.717, 1.165) is 0 Å². The first-order chi connectivity index (χ1) is 17.8. The molecular weight excluding hydrogens is 499 g/mol. The molecule has 0 aliphatic heterocycles. The van der Waals surface area contributed by atoms with Crippen LogP contribution in [0.3, 0.4) is 0 Å². The minimum absolute atomic E-state index is 0.00420. The van der Waals surface area contributed by atoms with Crippen LogP contribution in [0.4, 0.5) is 10.1 Å². The molecule has 1 fully saturated rings. The van der Waals surface area contributed by atoms with Gasteiger partial charge in [-0.15, -0.1) is 0 Å². The van der Waals surface area contributed by atoms with Crippen LogP contribution in [-0.2, 0) is 27.3 Å². The van der Waals surface area contributed by atoms with Gasteiger partial charge in [0.25, 0.3) is 5.91 Å². The first kappa shape index (κ1) is 27.6. The number of carbonyl (C=O) groups is 3. The Balaban J connectivity index is 1.95. The summed E-state index contributed by atoms with van der Waals surface area (Å²) in [5.41, 5.74) is 3.17. The van der Waals surface area contributed by atoms with Gasteiger partial charge in [0.15, 0.2) is 11.4 Å². The summed E-state index contributed by atoms with van der Waals surface area (Å²) < 4.78 is 12.6. The number of aromatic hydroxyl groups is 1. The highest BCUT2D eigenvalue weighted by molar-refractivity contribution is 6.24. The number of halogens is 1. The van der Waals surface area contributed by atoms with Crippen molar-refractivity contribution in [2.24, 2.45) is 17.6 Å². The van der Waals surface area contributed by atoms with E-state index in [4.69, 9.17) is 5.73 Å². The lowest BCUT2D eigenvalue weighted by molar-refractivity contribution is -0.153. The zero-order valence-electron chi connectivity index (χ0n) is 21.7. The summed E-state index contributed by atoms with van der Waals surface area (Å²) in [5, 5.41) is 48.0. The van der Waals surface area contributed by atoms with Crippen molar-refractivity contribution in [2.75, 3.05) is 46.3 Å². The van der Waals surface area contributed by atoms with Crippen molar-refractivity contribution >= 4 is 28.9 Å². The number of carbonyl (C=O) groups excluding carboxylic acids is 3. The monoisotopic (exact) mass is 532 g/mol. The number of benzene rings is 1. The molecule has 1 amide bonds. The maximum Gasteiger partial charge on any atom is 0.255 e. The standard InChI is InChI=1S/C26H33FN4O7/c1-30(2)15-9-12(10-29-6-5-27)20(32)17-13(15)7-11-8-14-19(31(3)4)22(34)18(25(28)37)24(36)26(14,38)23(35)16(11)21(17)33/h9,11,14,19,29,32-33,36,38H,5-8,10H2,1-4H3,(H2,28,37)/t11-,14-,19?,26-/m0/s1. The Morgan fingerprint density at radius 1 is 1.21 bits per heavy atom. The third kappa shape index (κ3) is 3.86. The van der Waals surface area contributed by atoms with Gasteiger partial charge in [0.1, 0.15) is 29.5 Å². The SMILES string of the molecule is CN(C)c1cc(CNCCF)c(O)c2c1C[C@H]1C[C@H]3C(N(C)C)C(=O)C(C(N)=O)=C(O)[C@@]3(O)C(=O)C1=C2O. The topological polar surface area (TPSA) is 177 Å². The molecule has 0 heterocycles. The van der Waals surface area contributed by atoms with Crippen molar-refractivity contribution in [3.8, 4) is 5.75 Å². The zero-order chi connectivity index (χ0) is 28.3. The van der Waals surface area contributed by atoms with Crippen molar-refractivity contribution in [1.29, 1.82) is 0 Å². The number of anilines is 1. The van der Waals surface area contributed by atoms with Crippen molar-refractivity contribution < 1.29 is 39.2 Å². The Labute approximate surface area is 219 Å². The van der Waals surface area contributed by atoms with Crippen LogP contribution in [0.25, 0.3) is 5.76 Å². The van der Waals surface area contributed by atoms with Crippen LogP contribution < -0.4 is 16.0 Å². The molecule has 0 radical (unpaired) electrons. The first-order valence-electron chi connectivity index (χ1n) is 12.2. The molecule has 0 spiro atoms. The number of likely N-dealkylation sites (N-methyl/N-ethyl adjacent to an activating group) is 1. The number of nitrogens with one attached hydrogen (secondary N) is 1. The molecule has 3 aliphatic carbocycles. The number of alkyl halides is 1. The molecule has 206 valence electrons. The van der Waals surface area contributed by atoms with Gasteiger partial charge in [0.05, 0.1) is 11.6 Å². The van der Waals surface area contributed by atoms with Crippen LogP contribution in [0.15, 0.2) is 23.0 Å². The number of Topliss-reactive ketones (excluding diaryl/α,β-unsaturated/α-hetero) is 2. The maximum atomic E-state index is 13.9. The van der Waals surface area contributed by atoms with E-state index in [1.807, 2.05) is 0 Å². The van der Waals surface area contributed by atoms with Gasteiger partial charge in [-0.05, 0) is 44.5 Å². The molecule has 12 heteroatoms. The molecule has 0 aromatic heterocycles.